The quantitative estimate of drug-likeness (QED) is 0.188. The van der Waals surface area contributed by atoms with Gasteiger partial charge in [0.25, 0.3) is 11.1 Å². The van der Waals surface area contributed by atoms with E-state index in [1.807, 2.05) is 0 Å². The predicted molar refractivity (Wildman–Crippen MR) is 137 cm³/mol. The number of phosphoric acid groups is 1. The van der Waals surface area contributed by atoms with Crippen molar-refractivity contribution in [1.29, 1.82) is 0 Å². The van der Waals surface area contributed by atoms with Crippen LogP contribution in [0.15, 0.2) is 28.6 Å². The Morgan fingerprint density at radius 2 is 1.80 bits per heavy atom. The Balaban J connectivity index is 1.15. The van der Waals surface area contributed by atoms with Crippen LogP contribution in [0.3, 0.4) is 0 Å². The van der Waals surface area contributed by atoms with Crippen LogP contribution in [0.5, 0.6) is 0 Å². The Morgan fingerprint density at radius 1 is 1.02 bits per heavy atom. The van der Waals surface area contributed by atoms with Gasteiger partial charge in [0, 0.05) is 0 Å². The third-order valence-electron chi connectivity index (χ3n) is 7.80. The summed E-state index contributed by atoms with van der Waals surface area (Å²) >= 11 is 0. The summed E-state index contributed by atoms with van der Waals surface area (Å²) < 4.78 is 39.3. The van der Waals surface area contributed by atoms with E-state index >= 15 is 0 Å². The number of imidazole rings is 2. The normalized spacial score (nSPS) is 34.4. The molecule has 4 aromatic heterocycles. The third-order valence-corrected chi connectivity index (χ3v) is 8.78. The van der Waals surface area contributed by atoms with E-state index in [0.29, 0.717) is 31.3 Å². The fourth-order valence-corrected chi connectivity index (χ4v) is 6.80. The van der Waals surface area contributed by atoms with E-state index in [2.05, 4.69) is 29.9 Å². The fraction of sp³-hybridized carbons (Fsp3) is 0.545. The molecule has 8 atom stereocenters. The molecule has 218 valence electrons. The zero-order valence-corrected chi connectivity index (χ0v) is 22.2. The van der Waals surface area contributed by atoms with E-state index in [0.717, 1.165) is 0 Å². The second-order valence-electron chi connectivity index (χ2n) is 10.3. The summed E-state index contributed by atoms with van der Waals surface area (Å²) in [5.74, 6) is -0.254. The average Bonchev–Trinajstić information content (AvgIpc) is 3.69. The van der Waals surface area contributed by atoms with Crippen molar-refractivity contribution in [3.8, 4) is 0 Å². The van der Waals surface area contributed by atoms with Crippen molar-refractivity contribution in [2.45, 2.75) is 62.6 Å². The van der Waals surface area contributed by atoms with Crippen LogP contribution in [-0.4, -0.2) is 80.1 Å². The van der Waals surface area contributed by atoms with Gasteiger partial charge in [0.1, 0.15) is 18.4 Å². The zero-order valence-electron chi connectivity index (χ0n) is 21.3. The number of nitrogens with zero attached hydrogens (tertiary/aromatic N) is 6. The largest absolute Gasteiger partial charge is 0.472 e. The van der Waals surface area contributed by atoms with E-state index in [9.17, 15) is 24.2 Å². The highest BCUT2D eigenvalue weighted by molar-refractivity contribution is 7.47. The van der Waals surface area contributed by atoms with Gasteiger partial charge in [-0.3, -0.25) is 32.8 Å². The molecule has 7 heterocycles. The molecular formula is C22H26N9O9P. The maximum absolute atomic E-state index is 13.1. The van der Waals surface area contributed by atoms with Crippen LogP contribution in [0.4, 0.5) is 5.95 Å². The summed E-state index contributed by atoms with van der Waals surface area (Å²) in [5.41, 5.74) is 5.34. The first-order chi connectivity index (χ1) is 19.7. The number of hydrogen-bond acceptors (Lipinski definition) is 13. The maximum Gasteiger partial charge on any atom is 0.472 e. The molecule has 6 N–H and O–H groups in total. The van der Waals surface area contributed by atoms with Crippen molar-refractivity contribution < 1.29 is 33.1 Å². The lowest BCUT2D eigenvalue weighted by Gasteiger charge is -2.26. The molecule has 3 aliphatic heterocycles. The molecule has 0 saturated carbocycles. The van der Waals surface area contributed by atoms with Gasteiger partial charge in [0.2, 0.25) is 5.95 Å². The van der Waals surface area contributed by atoms with Gasteiger partial charge in [-0.1, -0.05) is 6.42 Å². The number of aliphatic hydroxyl groups is 1. The lowest BCUT2D eigenvalue weighted by atomic mass is 9.93. The monoisotopic (exact) mass is 591 g/mol. The molecule has 19 heteroatoms. The minimum atomic E-state index is -4.76. The molecule has 0 aliphatic carbocycles. The standard InChI is InChI=1S/C22H26N9O9P/c23-22-28-18-14(20(34)29-22)27-8-31(18)21-16-15(32)10(39-21)3-1-2-9-4-12(38-11(9)5-37-41(35,36)40-16)30-7-26-13-17(30)24-6-25-19(13)33/h6-12,15-16,21,32H,1-5H2,(H,35,36)(H,24,25,33)(H3,23,28,29,34)/t9-,10?,11?,12-,15?,16?,21?/m1/s1. The molecular weight excluding hydrogens is 565 g/mol. The molecule has 0 spiro atoms. The zero-order chi connectivity index (χ0) is 28.5. The van der Waals surface area contributed by atoms with Gasteiger partial charge in [-0.2, -0.15) is 4.98 Å². The van der Waals surface area contributed by atoms with Gasteiger partial charge in [-0.15, -0.1) is 0 Å². The maximum atomic E-state index is 13.1. The van der Waals surface area contributed by atoms with E-state index in [-0.39, 0.29) is 40.7 Å². The van der Waals surface area contributed by atoms with Gasteiger partial charge in [0.15, 0.2) is 28.6 Å². The van der Waals surface area contributed by atoms with Crippen molar-refractivity contribution in [2.24, 2.45) is 5.92 Å². The van der Waals surface area contributed by atoms with Crippen LogP contribution < -0.4 is 16.9 Å². The number of rotatable bonds is 2. The fourth-order valence-electron chi connectivity index (χ4n) is 5.87. The number of aromatic amines is 2. The van der Waals surface area contributed by atoms with Crippen LogP contribution in [0.1, 0.15) is 38.1 Å². The molecule has 0 radical (unpaired) electrons. The summed E-state index contributed by atoms with van der Waals surface area (Å²) in [4.78, 5) is 56.4. The van der Waals surface area contributed by atoms with Crippen LogP contribution in [0, 0.1) is 5.92 Å². The van der Waals surface area contributed by atoms with E-state index in [1.165, 1.54) is 23.5 Å². The highest BCUT2D eigenvalue weighted by atomic mass is 31.2. The molecule has 3 fully saturated rings. The lowest BCUT2D eigenvalue weighted by molar-refractivity contribution is -0.0471. The highest BCUT2D eigenvalue weighted by Crippen LogP contribution is 2.51. The van der Waals surface area contributed by atoms with Crippen LogP contribution in [-0.2, 0) is 23.1 Å². The SMILES string of the molecule is Nc1nc2c(ncn2C2OC3CCC[C@@H]4C[C@H](n5cnc6c(=O)[nH]cnc65)OC4COP(=O)(O)OC2C3O)c(=O)[nH]1. The summed E-state index contributed by atoms with van der Waals surface area (Å²) in [6.07, 6.45) is 0.506. The number of ether oxygens (including phenoxy) is 2. The van der Waals surface area contributed by atoms with Crippen LogP contribution >= 0.6 is 7.82 Å². The number of nitrogens with two attached hydrogens (primary N) is 1. The number of fused-ring (bicyclic) bond motifs is 5. The van der Waals surface area contributed by atoms with Crippen molar-refractivity contribution in [3.05, 3.63) is 39.7 Å². The number of aromatic nitrogens is 8. The van der Waals surface area contributed by atoms with Crippen LogP contribution in [0.25, 0.3) is 22.3 Å². The van der Waals surface area contributed by atoms with Crippen molar-refractivity contribution >= 4 is 36.1 Å². The topological polar surface area (TPSA) is 248 Å². The van der Waals surface area contributed by atoms with Gasteiger partial charge < -0.3 is 30.2 Å². The Labute approximate surface area is 229 Å². The predicted octanol–water partition coefficient (Wildman–Crippen LogP) is -0.317. The van der Waals surface area contributed by atoms with Gasteiger partial charge in [-0.05, 0) is 25.2 Å². The van der Waals surface area contributed by atoms with E-state index in [1.54, 1.807) is 4.57 Å². The Kier molecular flexibility index (Phi) is 6.31. The average molecular weight is 591 g/mol. The van der Waals surface area contributed by atoms with Crippen molar-refractivity contribution in [1.82, 2.24) is 39.0 Å². The number of H-pyrrole nitrogens is 2. The van der Waals surface area contributed by atoms with Crippen molar-refractivity contribution in [3.63, 3.8) is 0 Å². The Hall–Kier alpha value is -3.51. The van der Waals surface area contributed by atoms with Crippen molar-refractivity contribution in [2.75, 3.05) is 12.3 Å². The number of nitrogens with one attached hydrogen (secondary N) is 2. The molecule has 41 heavy (non-hydrogen) atoms. The number of phosphoric ester groups is 1. The molecule has 0 aromatic carbocycles. The van der Waals surface area contributed by atoms with E-state index < -0.39 is 50.3 Å². The molecule has 4 aromatic rings. The Bertz CT molecular complexity index is 1790. The van der Waals surface area contributed by atoms with Gasteiger partial charge >= 0.3 is 7.82 Å². The first kappa shape index (κ1) is 26.4. The molecule has 3 aliphatic rings. The summed E-state index contributed by atoms with van der Waals surface area (Å²) in [5, 5.41) is 11.1. The summed E-state index contributed by atoms with van der Waals surface area (Å²) in [6, 6.07) is 0. The smallest absolute Gasteiger partial charge is 0.387 e. The summed E-state index contributed by atoms with van der Waals surface area (Å²) in [7, 11) is -4.76. The molecule has 6 unspecified atom stereocenters. The minimum Gasteiger partial charge on any atom is -0.387 e. The second kappa shape index (κ2) is 9.80. The van der Waals surface area contributed by atoms with Gasteiger partial charge in [-0.25, -0.2) is 19.5 Å². The van der Waals surface area contributed by atoms with E-state index in [4.69, 9.17) is 24.3 Å². The third kappa shape index (κ3) is 4.57. The molecule has 2 bridgehead atoms. The highest BCUT2D eigenvalue weighted by Gasteiger charge is 2.50. The second-order valence-corrected chi connectivity index (χ2v) is 11.7. The minimum absolute atomic E-state index is 0.0224. The van der Waals surface area contributed by atoms with Crippen LogP contribution in [0.2, 0.25) is 0 Å². The molecule has 0 amide bonds. The lowest BCUT2D eigenvalue weighted by Crippen LogP contribution is -2.34. The number of anilines is 1. The summed E-state index contributed by atoms with van der Waals surface area (Å²) in [6.45, 7) is -0.269. The molecule has 7 rings (SSSR count). The first-order valence-corrected chi connectivity index (χ1v) is 14.5. The number of aliphatic hydroxyl groups excluding tert-OH is 1. The first-order valence-electron chi connectivity index (χ1n) is 13.0. The Morgan fingerprint density at radius 3 is 2.63 bits per heavy atom. The number of hydrogen-bond donors (Lipinski definition) is 5. The number of nitrogen functional groups attached to an aromatic ring is 1. The molecule has 18 nitrogen and oxygen atoms in total. The molecule has 3 saturated heterocycles. The van der Waals surface area contributed by atoms with Gasteiger partial charge in [0.05, 0.1) is 37.8 Å².